The van der Waals surface area contributed by atoms with E-state index in [1.54, 1.807) is 7.11 Å². The SMILES string of the molecule is C/C=C\CC/C(OC)=C(\C)CC(N)C(=O)O. The van der Waals surface area contributed by atoms with E-state index in [4.69, 9.17) is 15.6 Å². The summed E-state index contributed by atoms with van der Waals surface area (Å²) in [6, 6.07) is -0.855. The number of aliphatic carboxylic acids is 1. The zero-order valence-electron chi connectivity index (χ0n) is 10.2. The Labute approximate surface area is 96.8 Å². The van der Waals surface area contributed by atoms with Crippen LogP contribution in [0.5, 0.6) is 0 Å². The smallest absolute Gasteiger partial charge is 0.320 e. The van der Waals surface area contributed by atoms with Gasteiger partial charge in [0.25, 0.3) is 0 Å². The number of hydrogen-bond acceptors (Lipinski definition) is 3. The lowest BCUT2D eigenvalue weighted by atomic mass is 10.0. The van der Waals surface area contributed by atoms with E-state index < -0.39 is 12.0 Å². The number of ether oxygens (including phenoxy) is 1. The van der Waals surface area contributed by atoms with Crippen molar-refractivity contribution < 1.29 is 14.6 Å². The molecule has 4 heteroatoms. The summed E-state index contributed by atoms with van der Waals surface area (Å²) < 4.78 is 5.24. The molecule has 0 aromatic carbocycles. The maximum atomic E-state index is 10.6. The van der Waals surface area contributed by atoms with Crippen LogP contribution in [0, 0.1) is 0 Å². The predicted molar refractivity (Wildman–Crippen MR) is 64.0 cm³/mol. The van der Waals surface area contributed by atoms with Crippen molar-refractivity contribution in [2.45, 2.75) is 39.2 Å². The predicted octanol–water partition coefficient (Wildman–Crippen LogP) is 2.07. The number of carbonyl (C=O) groups is 1. The molecule has 0 radical (unpaired) electrons. The van der Waals surface area contributed by atoms with Crippen LogP contribution in [0.3, 0.4) is 0 Å². The summed E-state index contributed by atoms with van der Waals surface area (Å²) in [5.41, 5.74) is 6.37. The molecule has 0 saturated heterocycles. The molecule has 0 aliphatic rings. The van der Waals surface area contributed by atoms with Crippen LogP contribution in [0.4, 0.5) is 0 Å². The van der Waals surface area contributed by atoms with Gasteiger partial charge in [-0.2, -0.15) is 0 Å². The lowest BCUT2D eigenvalue weighted by molar-refractivity contribution is -0.138. The second-order valence-corrected chi connectivity index (χ2v) is 3.66. The van der Waals surface area contributed by atoms with Crippen LogP contribution in [0.25, 0.3) is 0 Å². The number of carboxylic acid groups (broad SMARTS) is 1. The minimum atomic E-state index is -0.983. The number of methoxy groups -OCH3 is 1. The van der Waals surface area contributed by atoms with Crippen LogP contribution in [0.1, 0.15) is 33.1 Å². The van der Waals surface area contributed by atoms with E-state index in [1.165, 1.54) is 0 Å². The van der Waals surface area contributed by atoms with Crippen molar-refractivity contribution in [1.82, 2.24) is 0 Å². The summed E-state index contributed by atoms with van der Waals surface area (Å²) in [5, 5.41) is 8.70. The fourth-order valence-corrected chi connectivity index (χ4v) is 1.40. The summed E-state index contributed by atoms with van der Waals surface area (Å²) in [6.45, 7) is 3.82. The lowest BCUT2D eigenvalue weighted by Crippen LogP contribution is -2.30. The van der Waals surface area contributed by atoms with Gasteiger partial charge in [0.1, 0.15) is 6.04 Å². The molecule has 0 saturated carbocycles. The maximum Gasteiger partial charge on any atom is 0.320 e. The van der Waals surface area contributed by atoms with E-state index >= 15 is 0 Å². The number of allylic oxidation sites excluding steroid dienone is 3. The van der Waals surface area contributed by atoms with Crippen LogP contribution < -0.4 is 5.73 Å². The molecule has 4 nitrogen and oxygen atoms in total. The molecular weight excluding hydrogens is 206 g/mol. The Hall–Kier alpha value is -1.29. The highest BCUT2D eigenvalue weighted by molar-refractivity contribution is 5.73. The van der Waals surface area contributed by atoms with Crippen molar-refractivity contribution in [2.24, 2.45) is 5.73 Å². The molecule has 0 amide bonds. The first kappa shape index (κ1) is 14.7. The first-order valence-corrected chi connectivity index (χ1v) is 5.35. The van der Waals surface area contributed by atoms with Gasteiger partial charge in [0.15, 0.2) is 0 Å². The topological polar surface area (TPSA) is 72.5 Å². The Morgan fingerprint density at radius 3 is 2.62 bits per heavy atom. The minimum Gasteiger partial charge on any atom is -0.501 e. The first-order valence-electron chi connectivity index (χ1n) is 5.35. The third-order valence-corrected chi connectivity index (χ3v) is 2.34. The van der Waals surface area contributed by atoms with E-state index in [1.807, 2.05) is 26.0 Å². The zero-order valence-corrected chi connectivity index (χ0v) is 10.2. The standard InChI is InChI=1S/C12H21NO3/c1-4-5-6-7-11(16-3)9(2)8-10(13)12(14)15/h4-5,10H,6-8,13H2,1-3H3,(H,14,15)/b5-4-,11-9-. The van der Waals surface area contributed by atoms with Crippen molar-refractivity contribution >= 4 is 5.97 Å². The highest BCUT2D eigenvalue weighted by Crippen LogP contribution is 2.16. The second-order valence-electron chi connectivity index (χ2n) is 3.66. The average molecular weight is 227 g/mol. The molecule has 1 unspecified atom stereocenters. The molecule has 0 aromatic rings. The average Bonchev–Trinajstić information content (AvgIpc) is 2.24. The number of hydrogen-bond donors (Lipinski definition) is 2. The number of rotatable bonds is 7. The fourth-order valence-electron chi connectivity index (χ4n) is 1.40. The molecule has 92 valence electrons. The monoisotopic (exact) mass is 227 g/mol. The van der Waals surface area contributed by atoms with E-state index in [-0.39, 0.29) is 0 Å². The third-order valence-electron chi connectivity index (χ3n) is 2.34. The Bertz CT molecular complexity index is 282. The summed E-state index contributed by atoms with van der Waals surface area (Å²) >= 11 is 0. The largest absolute Gasteiger partial charge is 0.501 e. The van der Waals surface area contributed by atoms with Gasteiger partial charge in [0.05, 0.1) is 12.9 Å². The Morgan fingerprint density at radius 1 is 1.56 bits per heavy atom. The first-order chi connectivity index (χ1) is 7.52. The van der Waals surface area contributed by atoms with Gasteiger partial charge in [-0.25, -0.2) is 0 Å². The summed E-state index contributed by atoms with van der Waals surface area (Å²) in [5.74, 6) is -0.155. The second kappa shape index (κ2) is 7.93. The normalized spacial score (nSPS) is 14.8. The molecule has 0 aliphatic heterocycles. The fraction of sp³-hybridized carbons (Fsp3) is 0.583. The van der Waals surface area contributed by atoms with Gasteiger partial charge in [-0.15, -0.1) is 0 Å². The van der Waals surface area contributed by atoms with Crippen LogP contribution >= 0.6 is 0 Å². The number of nitrogens with two attached hydrogens (primary N) is 1. The summed E-state index contributed by atoms with van der Waals surface area (Å²) in [4.78, 5) is 10.6. The van der Waals surface area contributed by atoms with Crippen molar-refractivity contribution in [3.63, 3.8) is 0 Å². The molecule has 1 atom stereocenters. The van der Waals surface area contributed by atoms with E-state index in [0.717, 1.165) is 24.2 Å². The van der Waals surface area contributed by atoms with Crippen LogP contribution in [0.15, 0.2) is 23.5 Å². The number of carboxylic acids is 1. The van der Waals surface area contributed by atoms with Crippen molar-refractivity contribution in [3.8, 4) is 0 Å². The molecule has 0 aliphatic carbocycles. The molecular formula is C12H21NO3. The Morgan fingerprint density at radius 2 is 2.19 bits per heavy atom. The van der Waals surface area contributed by atoms with Gasteiger partial charge in [-0.1, -0.05) is 12.2 Å². The molecule has 0 bridgehead atoms. The van der Waals surface area contributed by atoms with E-state index in [9.17, 15) is 4.79 Å². The third kappa shape index (κ3) is 5.56. The van der Waals surface area contributed by atoms with Crippen molar-refractivity contribution in [3.05, 3.63) is 23.5 Å². The van der Waals surface area contributed by atoms with Crippen LogP contribution in [-0.4, -0.2) is 24.2 Å². The van der Waals surface area contributed by atoms with Gasteiger partial charge in [0, 0.05) is 6.42 Å². The van der Waals surface area contributed by atoms with E-state index in [0.29, 0.717) is 6.42 Å². The van der Waals surface area contributed by atoms with Crippen LogP contribution in [0.2, 0.25) is 0 Å². The van der Waals surface area contributed by atoms with Gasteiger partial charge in [-0.3, -0.25) is 4.79 Å². The maximum absolute atomic E-state index is 10.6. The Balaban J connectivity index is 4.42. The lowest BCUT2D eigenvalue weighted by Gasteiger charge is -2.12. The van der Waals surface area contributed by atoms with Gasteiger partial charge in [-0.05, 0) is 32.3 Å². The quantitative estimate of drug-likeness (QED) is 0.516. The highest BCUT2D eigenvalue weighted by Gasteiger charge is 2.14. The molecule has 16 heavy (non-hydrogen) atoms. The van der Waals surface area contributed by atoms with Gasteiger partial charge >= 0.3 is 5.97 Å². The molecule has 0 rings (SSSR count). The van der Waals surface area contributed by atoms with Gasteiger partial charge in [0.2, 0.25) is 0 Å². The molecule has 0 fully saturated rings. The van der Waals surface area contributed by atoms with Crippen molar-refractivity contribution in [2.75, 3.05) is 7.11 Å². The summed E-state index contributed by atoms with van der Waals surface area (Å²) in [7, 11) is 1.60. The summed E-state index contributed by atoms with van der Waals surface area (Å²) in [6.07, 6.45) is 6.02. The molecule has 3 N–H and O–H groups in total. The molecule has 0 aromatic heterocycles. The Kier molecular flexibility index (Phi) is 7.29. The highest BCUT2D eigenvalue weighted by atomic mass is 16.5. The van der Waals surface area contributed by atoms with Crippen molar-refractivity contribution in [1.29, 1.82) is 0 Å². The van der Waals surface area contributed by atoms with Gasteiger partial charge < -0.3 is 15.6 Å². The molecule has 0 spiro atoms. The van der Waals surface area contributed by atoms with Crippen LogP contribution in [-0.2, 0) is 9.53 Å². The minimum absolute atomic E-state index is 0.328. The molecule has 0 heterocycles. The van der Waals surface area contributed by atoms with E-state index in [2.05, 4.69) is 0 Å². The zero-order chi connectivity index (χ0) is 12.6.